The molecule has 1 heterocycles. The number of amides is 1. The normalized spacial score (nSPS) is 10.2. The van der Waals surface area contributed by atoms with Gasteiger partial charge in [-0.25, -0.2) is 14.8 Å². The zero-order valence-electron chi connectivity index (χ0n) is 15.2. The zero-order valence-corrected chi connectivity index (χ0v) is 15.9. The van der Waals surface area contributed by atoms with Gasteiger partial charge in [-0.2, -0.15) is 0 Å². The molecule has 7 nitrogen and oxygen atoms in total. The minimum absolute atomic E-state index is 0.172. The second-order valence-corrected chi connectivity index (χ2v) is 6.33. The summed E-state index contributed by atoms with van der Waals surface area (Å²) in [5.74, 6) is -0.329. The first-order valence-corrected chi connectivity index (χ1v) is 8.69. The first-order valence-electron chi connectivity index (χ1n) is 8.31. The molecule has 0 saturated heterocycles. The number of halogens is 1. The maximum absolute atomic E-state index is 12.4. The first kappa shape index (κ1) is 19.3. The third-order valence-electron chi connectivity index (χ3n) is 3.91. The van der Waals surface area contributed by atoms with Crippen LogP contribution in [0.25, 0.3) is 0 Å². The molecule has 1 amide bonds. The molecule has 0 atom stereocenters. The van der Waals surface area contributed by atoms with Crippen LogP contribution in [0.1, 0.15) is 26.4 Å². The van der Waals surface area contributed by atoms with Gasteiger partial charge in [-0.1, -0.05) is 17.7 Å². The van der Waals surface area contributed by atoms with E-state index >= 15 is 0 Å². The highest BCUT2D eigenvalue weighted by Crippen LogP contribution is 2.21. The van der Waals surface area contributed by atoms with Crippen LogP contribution in [0.3, 0.4) is 0 Å². The van der Waals surface area contributed by atoms with Crippen molar-refractivity contribution >= 4 is 40.7 Å². The van der Waals surface area contributed by atoms with Gasteiger partial charge in [0.15, 0.2) is 0 Å². The number of ether oxygens (including phenoxy) is 1. The molecule has 2 N–H and O–H groups in total. The summed E-state index contributed by atoms with van der Waals surface area (Å²) in [6, 6.07) is 12.0. The van der Waals surface area contributed by atoms with Gasteiger partial charge >= 0.3 is 5.97 Å². The largest absolute Gasteiger partial charge is 0.465 e. The van der Waals surface area contributed by atoms with E-state index in [0.29, 0.717) is 27.8 Å². The lowest BCUT2D eigenvalue weighted by Gasteiger charge is -2.09. The minimum atomic E-state index is -0.406. The third kappa shape index (κ3) is 4.63. The molecule has 0 spiro atoms. The van der Waals surface area contributed by atoms with E-state index in [1.165, 1.54) is 19.5 Å². The summed E-state index contributed by atoms with van der Waals surface area (Å²) in [5.41, 5.74) is 2.84. The van der Waals surface area contributed by atoms with Gasteiger partial charge in [-0.05, 0) is 48.9 Å². The predicted molar refractivity (Wildman–Crippen MR) is 107 cm³/mol. The SMILES string of the molecule is COC(=O)c1ccc(Nc2cnc(C(=O)Nc3cc(Cl)ccc3C)cn2)cc1. The molecule has 0 aliphatic rings. The van der Waals surface area contributed by atoms with E-state index in [-0.39, 0.29) is 11.6 Å². The third-order valence-corrected chi connectivity index (χ3v) is 4.15. The fraction of sp³-hybridized carbons (Fsp3) is 0.100. The van der Waals surface area contributed by atoms with Crippen LogP contribution in [0.15, 0.2) is 54.9 Å². The molecule has 0 saturated carbocycles. The molecule has 3 rings (SSSR count). The molecule has 0 radical (unpaired) electrons. The Bertz CT molecular complexity index is 1000. The summed E-state index contributed by atoms with van der Waals surface area (Å²) in [6.45, 7) is 1.87. The Labute approximate surface area is 166 Å². The number of esters is 1. The Hall–Kier alpha value is -3.45. The van der Waals surface area contributed by atoms with Crippen molar-refractivity contribution in [3.05, 3.63) is 76.7 Å². The highest BCUT2D eigenvalue weighted by Gasteiger charge is 2.11. The number of nitrogens with zero attached hydrogens (tertiary/aromatic N) is 2. The van der Waals surface area contributed by atoms with Gasteiger partial charge in [-0.15, -0.1) is 0 Å². The van der Waals surface area contributed by atoms with Crippen molar-refractivity contribution in [2.24, 2.45) is 0 Å². The molecule has 28 heavy (non-hydrogen) atoms. The van der Waals surface area contributed by atoms with Crippen molar-refractivity contribution in [1.29, 1.82) is 0 Å². The van der Waals surface area contributed by atoms with Crippen LogP contribution in [0.4, 0.5) is 17.2 Å². The fourth-order valence-corrected chi connectivity index (χ4v) is 2.55. The standard InChI is InChI=1S/C20H17ClN4O3/c1-12-3-6-14(21)9-16(12)25-19(26)17-10-23-18(11-22-17)24-15-7-4-13(5-8-15)20(27)28-2/h3-11H,1-2H3,(H,23,24)(H,25,26). The highest BCUT2D eigenvalue weighted by atomic mass is 35.5. The van der Waals surface area contributed by atoms with Crippen LogP contribution in [-0.4, -0.2) is 29.0 Å². The van der Waals surface area contributed by atoms with Gasteiger partial charge in [0.1, 0.15) is 11.5 Å². The van der Waals surface area contributed by atoms with Crippen molar-refractivity contribution in [2.75, 3.05) is 17.7 Å². The van der Waals surface area contributed by atoms with Crippen molar-refractivity contribution < 1.29 is 14.3 Å². The van der Waals surface area contributed by atoms with Gasteiger partial charge in [-0.3, -0.25) is 4.79 Å². The number of hydrogen-bond donors (Lipinski definition) is 2. The minimum Gasteiger partial charge on any atom is -0.465 e. The molecular weight excluding hydrogens is 380 g/mol. The van der Waals surface area contributed by atoms with E-state index in [0.717, 1.165) is 5.56 Å². The molecule has 0 unspecified atom stereocenters. The van der Waals surface area contributed by atoms with Crippen molar-refractivity contribution in [1.82, 2.24) is 9.97 Å². The van der Waals surface area contributed by atoms with E-state index in [1.54, 1.807) is 36.4 Å². The average molecular weight is 397 g/mol. The van der Waals surface area contributed by atoms with Crippen molar-refractivity contribution in [2.45, 2.75) is 6.92 Å². The van der Waals surface area contributed by atoms with Crippen LogP contribution >= 0.6 is 11.6 Å². The number of methoxy groups -OCH3 is 1. The summed E-state index contributed by atoms with van der Waals surface area (Å²) in [7, 11) is 1.33. The van der Waals surface area contributed by atoms with E-state index in [4.69, 9.17) is 11.6 Å². The van der Waals surface area contributed by atoms with Gasteiger partial charge in [0.05, 0.1) is 25.1 Å². The van der Waals surface area contributed by atoms with Crippen LogP contribution in [0, 0.1) is 6.92 Å². The Kier molecular flexibility index (Phi) is 5.86. The van der Waals surface area contributed by atoms with Crippen LogP contribution in [0.5, 0.6) is 0 Å². The molecular formula is C20H17ClN4O3. The smallest absolute Gasteiger partial charge is 0.337 e. The molecule has 0 bridgehead atoms. The Morgan fingerprint density at radius 2 is 1.79 bits per heavy atom. The quantitative estimate of drug-likeness (QED) is 0.627. The van der Waals surface area contributed by atoms with E-state index in [2.05, 4.69) is 25.3 Å². The summed E-state index contributed by atoms with van der Waals surface area (Å²) < 4.78 is 4.66. The first-order chi connectivity index (χ1) is 13.5. The summed E-state index contributed by atoms with van der Waals surface area (Å²) in [6.07, 6.45) is 2.83. The maximum atomic E-state index is 12.4. The topological polar surface area (TPSA) is 93.2 Å². The van der Waals surface area contributed by atoms with Crippen molar-refractivity contribution in [3.8, 4) is 0 Å². The molecule has 0 fully saturated rings. The average Bonchev–Trinajstić information content (AvgIpc) is 2.71. The zero-order chi connectivity index (χ0) is 20.1. The van der Waals surface area contributed by atoms with Crippen molar-refractivity contribution in [3.63, 3.8) is 0 Å². The fourth-order valence-electron chi connectivity index (χ4n) is 2.38. The molecule has 1 aromatic heterocycles. The number of aromatic nitrogens is 2. The van der Waals surface area contributed by atoms with E-state index < -0.39 is 5.97 Å². The van der Waals surface area contributed by atoms with Crippen LogP contribution < -0.4 is 10.6 Å². The molecule has 3 aromatic rings. The Balaban J connectivity index is 1.66. The number of rotatable bonds is 5. The van der Waals surface area contributed by atoms with Crippen LogP contribution in [-0.2, 0) is 4.74 Å². The second-order valence-electron chi connectivity index (χ2n) is 5.89. The molecule has 142 valence electrons. The number of nitrogens with one attached hydrogen (secondary N) is 2. The lowest BCUT2D eigenvalue weighted by Crippen LogP contribution is -2.15. The number of carbonyl (C=O) groups is 2. The number of anilines is 3. The highest BCUT2D eigenvalue weighted by molar-refractivity contribution is 6.31. The monoisotopic (exact) mass is 396 g/mol. The maximum Gasteiger partial charge on any atom is 0.337 e. The summed E-state index contributed by atoms with van der Waals surface area (Å²) >= 11 is 5.97. The molecule has 8 heteroatoms. The lowest BCUT2D eigenvalue weighted by atomic mass is 10.2. The predicted octanol–water partition coefficient (Wildman–Crippen LogP) is 4.22. The Morgan fingerprint density at radius 1 is 1.04 bits per heavy atom. The molecule has 0 aliphatic heterocycles. The summed E-state index contributed by atoms with van der Waals surface area (Å²) in [5, 5.41) is 6.35. The van der Waals surface area contributed by atoms with Gasteiger partial charge in [0, 0.05) is 16.4 Å². The number of carbonyl (C=O) groups excluding carboxylic acids is 2. The van der Waals surface area contributed by atoms with Gasteiger partial charge < -0.3 is 15.4 Å². The number of hydrogen-bond acceptors (Lipinski definition) is 6. The second kappa shape index (κ2) is 8.49. The lowest BCUT2D eigenvalue weighted by molar-refractivity contribution is 0.0600. The number of aryl methyl sites for hydroxylation is 1. The van der Waals surface area contributed by atoms with Crippen LogP contribution in [0.2, 0.25) is 5.02 Å². The number of benzene rings is 2. The molecule has 0 aliphatic carbocycles. The summed E-state index contributed by atoms with van der Waals surface area (Å²) in [4.78, 5) is 32.1. The van der Waals surface area contributed by atoms with Gasteiger partial charge in [0.2, 0.25) is 0 Å². The van der Waals surface area contributed by atoms with E-state index in [9.17, 15) is 9.59 Å². The molecule has 2 aromatic carbocycles. The van der Waals surface area contributed by atoms with Gasteiger partial charge in [0.25, 0.3) is 5.91 Å². The Morgan fingerprint density at radius 3 is 2.43 bits per heavy atom. The van der Waals surface area contributed by atoms with E-state index in [1.807, 2.05) is 13.0 Å².